The molecule has 1 aromatic heterocycles. The third kappa shape index (κ3) is 4.01. The van der Waals surface area contributed by atoms with E-state index in [1.54, 1.807) is 24.3 Å². The summed E-state index contributed by atoms with van der Waals surface area (Å²) >= 11 is 11.4. The highest BCUT2D eigenvalue weighted by Gasteiger charge is 2.36. The Balaban J connectivity index is 1.18. The van der Waals surface area contributed by atoms with Crippen LogP contribution in [0.25, 0.3) is 11.4 Å². The van der Waals surface area contributed by atoms with E-state index >= 15 is 0 Å². The van der Waals surface area contributed by atoms with Gasteiger partial charge in [0.05, 0.1) is 17.8 Å². The second-order valence-corrected chi connectivity index (χ2v) is 9.06. The number of fused-ring (bicyclic) bond motifs is 1. The van der Waals surface area contributed by atoms with Crippen molar-refractivity contribution in [2.45, 2.75) is 19.5 Å². The van der Waals surface area contributed by atoms with Gasteiger partial charge in [-0.1, -0.05) is 23.7 Å². The van der Waals surface area contributed by atoms with Crippen LogP contribution >= 0.6 is 23.8 Å². The number of nitrogens with one attached hydrogen (secondary N) is 1. The highest BCUT2D eigenvalue weighted by molar-refractivity contribution is 7.71. The molecule has 7 nitrogen and oxygen atoms in total. The number of benzene rings is 2. The minimum Gasteiger partial charge on any atom is -0.284 e. The molecule has 0 bridgehead atoms. The first-order valence-electron chi connectivity index (χ1n) is 10.6. The van der Waals surface area contributed by atoms with Gasteiger partial charge in [-0.25, -0.2) is 4.68 Å². The first kappa shape index (κ1) is 21.1. The summed E-state index contributed by atoms with van der Waals surface area (Å²) in [7, 11) is 0. The van der Waals surface area contributed by atoms with Crippen molar-refractivity contribution in [2.24, 2.45) is 5.92 Å². The molecule has 0 unspecified atom stereocenters. The number of H-pyrrole nitrogens is 1. The quantitative estimate of drug-likeness (QED) is 0.449. The van der Waals surface area contributed by atoms with E-state index in [4.69, 9.17) is 23.8 Å². The predicted molar refractivity (Wildman–Crippen MR) is 124 cm³/mol. The van der Waals surface area contributed by atoms with Gasteiger partial charge in [0.25, 0.3) is 11.8 Å². The van der Waals surface area contributed by atoms with Crippen LogP contribution < -0.4 is 0 Å². The second-order valence-electron chi connectivity index (χ2n) is 8.26. The zero-order valence-electron chi connectivity index (χ0n) is 17.3. The van der Waals surface area contributed by atoms with E-state index in [1.165, 1.54) is 4.90 Å². The number of rotatable bonds is 5. The van der Waals surface area contributed by atoms with E-state index in [0.717, 1.165) is 31.5 Å². The lowest BCUT2D eigenvalue weighted by Crippen LogP contribution is -2.41. The fraction of sp³-hybridized carbons (Fsp3) is 0.304. The summed E-state index contributed by atoms with van der Waals surface area (Å²) in [6.45, 7) is 2.83. The molecule has 2 aliphatic rings. The number of hydrogen-bond donors (Lipinski definition) is 1. The number of carbonyl (C=O) groups excluding carboxylic acids is 2. The number of amides is 2. The minimum absolute atomic E-state index is 0.175. The highest BCUT2D eigenvalue weighted by atomic mass is 35.5. The average molecular weight is 468 g/mol. The van der Waals surface area contributed by atoms with Crippen LogP contribution in [0, 0.1) is 10.7 Å². The number of likely N-dealkylation sites (tertiary alicyclic amines) is 1. The number of piperidine rings is 1. The molecule has 2 aromatic carbocycles. The van der Waals surface area contributed by atoms with Gasteiger partial charge in [0.2, 0.25) is 4.77 Å². The Hall–Kier alpha value is -2.81. The average Bonchev–Trinajstić information content (AvgIpc) is 3.28. The maximum absolute atomic E-state index is 12.6. The highest BCUT2D eigenvalue weighted by Crippen LogP contribution is 2.26. The Morgan fingerprint density at radius 3 is 2.25 bits per heavy atom. The topological polar surface area (TPSA) is 74.2 Å². The Morgan fingerprint density at radius 1 is 1.00 bits per heavy atom. The lowest BCUT2D eigenvalue weighted by molar-refractivity contribution is 0.0585. The third-order valence-electron chi connectivity index (χ3n) is 6.16. The summed E-state index contributed by atoms with van der Waals surface area (Å²) < 4.78 is 2.37. The molecule has 3 heterocycles. The third-order valence-corrected chi connectivity index (χ3v) is 6.73. The van der Waals surface area contributed by atoms with Crippen LogP contribution in [0.5, 0.6) is 0 Å². The first-order chi connectivity index (χ1) is 15.5. The zero-order chi connectivity index (χ0) is 22.2. The van der Waals surface area contributed by atoms with E-state index in [-0.39, 0.29) is 11.8 Å². The van der Waals surface area contributed by atoms with Gasteiger partial charge >= 0.3 is 0 Å². The van der Waals surface area contributed by atoms with E-state index in [2.05, 4.69) is 15.0 Å². The summed E-state index contributed by atoms with van der Waals surface area (Å²) in [6, 6.07) is 14.5. The van der Waals surface area contributed by atoms with Gasteiger partial charge in [-0.3, -0.25) is 24.5 Å². The molecule has 1 saturated heterocycles. The van der Waals surface area contributed by atoms with Gasteiger partial charge in [0.1, 0.15) is 0 Å². The van der Waals surface area contributed by atoms with Gasteiger partial charge in [-0.2, -0.15) is 4.98 Å². The lowest BCUT2D eigenvalue weighted by atomic mass is 9.96. The molecule has 1 fully saturated rings. The summed E-state index contributed by atoms with van der Waals surface area (Å²) in [4.78, 5) is 33.4. The molecule has 0 spiro atoms. The van der Waals surface area contributed by atoms with Crippen LogP contribution in [0.4, 0.5) is 0 Å². The normalized spacial score (nSPS) is 17.2. The molecule has 3 aromatic rings. The maximum atomic E-state index is 12.6. The standard InChI is InChI=1S/C23H22ClN5O2S/c24-17-7-5-16(6-8-17)20-25-23(32)29(26-20)14-27-11-9-15(10-12-27)13-28-21(30)18-3-1-2-4-19(18)22(28)31/h1-8,15H,9-14H2,(H,25,26,32). The largest absolute Gasteiger partial charge is 0.284 e. The van der Waals surface area contributed by atoms with Crippen molar-refractivity contribution in [1.82, 2.24) is 24.6 Å². The van der Waals surface area contributed by atoms with Crippen molar-refractivity contribution in [2.75, 3.05) is 19.6 Å². The lowest BCUT2D eigenvalue weighted by Gasteiger charge is -2.33. The molecule has 2 aliphatic heterocycles. The van der Waals surface area contributed by atoms with E-state index in [1.807, 2.05) is 28.9 Å². The van der Waals surface area contributed by atoms with Gasteiger partial charge in [0.15, 0.2) is 5.82 Å². The van der Waals surface area contributed by atoms with Gasteiger partial charge < -0.3 is 0 Å². The molecule has 0 aliphatic carbocycles. The molecule has 2 amide bonds. The molecule has 5 rings (SSSR count). The van der Waals surface area contributed by atoms with Gasteiger partial charge in [0, 0.05) is 30.2 Å². The molecule has 0 radical (unpaired) electrons. The number of imide groups is 1. The molecular formula is C23H22ClN5O2S. The fourth-order valence-electron chi connectivity index (χ4n) is 4.36. The Kier molecular flexibility index (Phi) is 5.67. The van der Waals surface area contributed by atoms with E-state index < -0.39 is 0 Å². The smallest absolute Gasteiger partial charge is 0.261 e. The molecule has 164 valence electrons. The van der Waals surface area contributed by atoms with Crippen molar-refractivity contribution in [3.63, 3.8) is 0 Å². The van der Waals surface area contributed by atoms with Crippen LogP contribution in [-0.2, 0) is 6.67 Å². The van der Waals surface area contributed by atoms with Gasteiger partial charge in [-0.15, -0.1) is 0 Å². The molecule has 0 saturated carbocycles. The number of halogens is 1. The van der Waals surface area contributed by atoms with Crippen LogP contribution in [0.2, 0.25) is 5.02 Å². The maximum Gasteiger partial charge on any atom is 0.261 e. The summed E-state index contributed by atoms with van der Waals surface area (Å²) in [6.07, 6.45) is 1.83. The van der Waals surface area contributed by atoms with Crippen molar-refractivity contribution in [3.05, 3.63) is 69.5 Å². The first-order valence-corrected chi connectivity index (χ1v) is 11.4. The van der Waals surface area contributed by atoms with Crippen molar-refractivity contribution in [3.8, 4) is 11.4 Å². The van der Waals surface area contributed by atoms with Crippen LogP contribution in [0.15, 0.2) is 48.5 Å². The van der Waals surface area contributed by atoms with Crippen LogP contribution in [0.3, 0.4) is 0 Å². The minimum atomic E-state index is -0.175. The SMILES string of the molecule is O=C1c2ccccc2C(=O)N1CC1CCN(Cn2[nH]c(-c3ccc(Cl)cc3)nc2=S)CC1. The van der Waals surface area contributed by atoms with Crippen LogP contribution in [-0.4, -0.2) is 56.0 Å². The predicted octanol–water partition coefficient (Wildman–Crippen LogP) is 4.23. The van der Waals surface area contributed by atoms with Crippen molar-refractivity contribution in [1.29, 1.82) is 0 Å². The van der Waals surface area contributed by atoms with Crippen molar-refractivity contribution >= 4 is 35.6 Å². The summed E-state index contributed by atoms with van der Waals surface area (Å²) in [5.41, 5.74) is 1.96. The molecule has 1 N–H and O–H groups in total. The Morgan fingerprint density at radius 2 is 1.62 bits per heavy atom. The zero-order valence-corrected chi connectivity index (χ0v) is 18.9. The number of aromatic nitrogens is 3. The van der Waals surface area contributed by atoms with E-state index in [9.17, 15) is 9.59 Å². The molecule has 9 heteroatoms. The fourth-order valence-corrected chi connectivity index (χ4v) is 4.68. The summed E-state index contributed by atoms with van der Waals surface area (Å²) in [5.74, 6) is 0.665. The molecule has 0 atom stereocenters. The number of carbonyl (C=O) groups is 2. The van der Waals surface area contributed by atoms with Crippen molar-refractivity contribution < 1.29 is 9.59 Å². The van der Waals surface area contributed by atoms with E-state index in [0.29, 0.717) is 45.9 Å². The number of hydrogen-bond acceptors (Lipinski definition) is 5. The molecular weight excluding hydrogens is 446 g/mol. The number of nitrogens with zero attached hydrogens (tertiary/aromatic N) is 4. The molecule has 32 heavy (non-hydrogen) atoms. The van der Waals surface area contributed by atoms with Gasteiger partial charge in [-0.05, 0) is 67.4 Å². The number of aromatic amines is 1. The Bertz CT molecular complexity index is 1190. The van der Waals surface area contributed by atoms with Crippen LogP contribution in [0.1, 0.15) is 33.6 Å². The monoisotopic (exact) mass is 467 g/mol. The summed E-state index contributed by atoms with van der Waals surface area (Å²) in [5, 5.41) is 3.95. The second kappa shape index (κ2) is 8.61. The Labute approximate surface area is 195 Å².